The lowest BCUT2D eigenvalue weighted by molar-refractivity contribution is -0.121. The molecule has 0 bridgehead atoms. The van der Waals surface area contributed by atoms with Crippen molar-refractivity contribution in [2.45, 2.75) is 19.8 Å². The molecule has 25 heavy (non-hydrogen) atoms. The molecule has 132 valence electrons. The summed E-state index contributed by atoms with van der Waals surface area (Å²) in [6.07, 6.45) is 0.836. The molecule has 2 rings (SSSR count). The zero-order valence-corrected chi connectivity index (χ0v) is 15.8. The first-order valence-corrected chi connectivity index (χ1v) is 8.76. The van der Waals surface area contributed by atoms with Crippen LogP contribution in [0.15, 0.2) is 47.6 Å². The maximum absolute atomic E-state index is 11.8. The highest BCUT2D eigenvalue weighted by Gasteiger charge is 2.05. The summed E-state index contributed by atoms with van der Waals surface area (Å²) in [7, 11) is 0. The number of amides is 1. The van der Waals surface area contributed by atoms with Gasteiger partial charge in [-0.3, -0.25) is 4.79 Å². The molecule has 0 saturated heterocycles. The van der Waals surface area contributed by atoms with Gasteiger partial charge in [0.15, 0.2) is 0 Å². The maximum atomic E-state index is 11.8. The highest BCUT2D eigenvalue weighted by atomic mass is 35.5. The van der Waals surface area contributed by atoms with Crippen molar-refractivity contribution in [2.24, 2.45) is 5.10 Å². The topological polar surface area (TPSA) is 50.7 Å². The monoisotopic (exact) mass is 398 g/mol. The van der Waals surface area contributed by atoms with Gasteiger partial charge in [-0.25, -0.2) is 5.43 Å². The van der Waals surface area contributed by atoms with Gasteiger partial charge >= 0.3 is 0 Å². The van der Waals surface area contributed by atoms with E-state index >= 15 is 0 Å². The van der Waals surface area contributed by atoms with Gasteiger partial charge in [0, 0.05) is 16.5 Å². The summed E-state index contributed by atoms with van der Waals surface area (Å²) in [6, 6.07) is 12.2. The Bertz CT molecular complexity index is 761. The predicted molar refractivity (Wildman–Crippen MR) is 103 cm³/mol. The quantitative estimate of drug-likeness (QED) is 0.388. The van der Waals surface area contributed by atoms with Gasteiger partial charge in [0.05, 0.1) is 17.3 Å². The Hall–Kier alpha value is -1.75. The number of carbonyl (C=O) groups excluding carboxylic acids is 1. The van der Waals surface area contributed by atoms with E-state index in [1.54, 1.807) is 30.3 Å². The van der Waals surface area contributed by atoms with Crippen LogP contribution in [-0.2, 0) is 4.79 Å². The third kappa shape index (κ3) is 6.58. The van der Waals surface area contributed by atoms with E-state index < -0.39 is 0 Å². The smallest absolute Gasteiger partial charge is 0.240 e. The largest absolute Gasteiger partial charge is 0.492 e. The summed E-state index contributed by atoms with van der Waals surface area (Å²) in [4.78, 5) is 11.8. The van der Waals surface area contributed by atoms with Gasteiger partial charge in [-0.15, -0.1) is 0 Å². The van der Waals surface area contributed by atoms with Gasteiger partial charge in [0.1, 0.15) is 5.75 Å². The van der Waals surface area contributed by atoms with Crippen LogP contribution in [0.4, 0.5) is 0 Å². The summed E-state index contributed by atoms with van der Waals surface area (Å²) < 4.78 is 5.53. The Kier molecular flexibility index (Phi) is 7.56. The average molecular weight is 400 g/mol. The summed E-state index contributed by atoms with van der Waals surface area (Å²) in [6.45, 7) is 2.18. The van der Waals surface area contributed by atoms with Crippen molar-refractivity contribution >= 4 is 46.4 Å². The first kappa shape index (κ1) is 19.6. The van der Waals surface area contributed by atoms with Gasteiger partial charge in [-0.05, 0) is 49.2 Å². The number of ether oxygens (including phenoxy) is 1. The standard InChI is InChI=1S/C18H17Cl3N2O2/c1-12(13-4-6-14(19)7-5-13)22-23-18(24)3-2-10-25-17-9-8-15(20)11-16(17)21/h4-9,11H,2-3,10H2,1H3,(H,23,24). The highest BCUT2D eigenvalue weighted by molar-refractivity contribution is 6.35. The molecule has 2 aromatic rings. The van der Waals surface area contributed by atoms with Crippen molar-refractivity contribution in [2.75, 3.05) is 6.61 Å². The number of nitrogens with one attached hydrogen (secondary N) is 1. The van der Waals surface area contributed by atoms with E-state index in [0.717, 1.165) is 5.56 Å². The van der Waals surface area contributed by atoms with Crippen molar-refractivity contribution in [3.05, 3.63) is 63.1 Å². The Morgan fingerprint density at radius 2 is 1.76 bits per heavy atom. The third-order valence-electron chi connectivity index (χ3n) is 3.31. The first-order valence-electron chi connectivity index (χ1n) is 7.62. The van der Waals surface area contributed by atoms with Crippen molar-refractivity contribution in [3.63, 3.8) is 0 Å². The third-order valence-corrected chi connectivity index (χ3v) is 4.09. The molecular formula is C18H17Cl3N2O2. The minimum atomic E-state index is -0.181. The predicted octanol–water partition coefficient (Wildman–Crippen LogP) is 5.35. The van der Waals surface area contributed by atoms with Crippen LogP contribution >= 0.6 is 34.8 Å². The lowest BCUT2D eigenvalue weighted by Gasteiger charge is -2.08. The lowest BCUT2D eigenvalue weighted by atomic mass is 10.1. The Morgan fingerprint density at radius 1 is 1.08 bits per heavy atom. The van der Waals surface area contributed by atoms with Crippen molar-refractivity contribution in [1.82, 2.24) is 5.43 Å². The van der Waals surface area contributed by atoms with Crippen LogP contribution < -0.4 is 10.2 Å². The van der Waals surface area contributed by atoms with E-state index in [1.807, 2.05) is 19.1 Å². The second-order valence-corrected chi connectivity index (χ2v) is 6.55. The Balaban J connectivity index is 1.73. The van der Waals surface area contributed by atoms with Crippen molar-refractivity contribution < 1.29 is 9.53 Å². The molecule has 2 aromatic carbocycles. The van der Waals surface area contributed by atoms with Crippen molar-refractivity contribution in [1.29, 1.82) is 0 Å². The molecule has 0 aromatic heterocycles. The van der Waals surface area contributed by atoms with Crippen LogP contribution in [0.3, 0.4) is 0 Å². The minimum Gasteiger partial charge on any atom is -0.492 e. The average Bonchev–Trinajstić information content (AvgIpc) is 2.58. The van der Waals surface area contributed by atoms with E-state index in [2.05, 4.69) is 10.5 Å². The Morgan fingerprint density at radius 3 is 2.44 bits per heavy atom. The number of halogens is 3. The van der Waals surface area contributed by atoms with Crippen LogP contribution in [0.5, 0.6) is 5.75 Å². The number of hydrogen-bond acceptors (Lipinski definition) is 3. The number of benzene rings is 2. The SMILES string of the molecule is CC(=NNC(=O)CCCOc1ccc(Cl)cc1Cl)c1ccc(Cl)cc1. The van der Waals surface area contributed by atoms with Gasteiger partial charge in [0.2, 0.25) is 5.91 Å². The van der Waals surface area contributed by atoms with E-state index in [-0.39, 0.29) is 5.91 Å². The van der Waals surface area contributed by atoms with Crippen LogP contribution in [0.2, 0.25) is 15.1 Å². The van der Waals surface area contributed by atoms with Gasteiger partial charge < -0.3 is 4.74 Å². The van der Waals surface area contributed by atoms with Crippen LogP contribution in [-0.4, -0.2) is 18.2 Å². The molecule has 0 heterocycles. The molecule has 4 nitrogen and oxygen atoms in total. The fourth-order valence-corrected chi connectivity index (χ4v) is 2.55. The van der Waals surface area contributed by atoms with E-state index in [1.165, 1.54) is 0 Å². The summed E-state index contributed by atoms with van der Waals surface area (Å²) in [5.74, 6) is 0.363. The molecule has 0 aliphatic carbocycles. The fourth-order valence-electron chi connectivity index (χ4n) is 1.96. The number of nitrogens with zero attached hydrogens (tertiary/aromatic N) is 1. The zero-order valence-electron chi connectivity index (χ0n) is 13.6. The second-order valence-electron chi connectivity index (χ2n) is 5.27. The molecule has 1 N–H and O–H groups in total. The zero-order chi connectivity index (χ0) is 18.2. The molecule has 0 aliphatic heterocycles. The first-order chi connectivity index (χ1) is 12.0. The molecule has 0 unspecified atom stereocenters. The molecule has 7 heteroatoms. The molecule has 0 atom stereocenters. The Labute approximate surface area is 161 Å². The normalized spacial score (nSPS) is 11.3. The maximum Gasteiger partial charge on any atom is 0.240 e. The van der Waals surface area contributed by atoms with Crippen LogP contribution in [0, 0.1) is 0 Å². The van der Waals surface area contributed by atoms with Gasteiger partial charge in [-0.2, -0.15) is 5.10 Å². The summed E-state index contributed by atoms with van der Waals surface area (Å²) in [5, 5.41) is 5.73. The lowest BCUT2D eigenvalue weighted by Crippen LogP contribution is -2.19. The van der Waals surface area contributed by atoms with Crippen molar-refractivity contribution in [3.8, 4) is 5.75 Å². The van der Waals surface area contributed by atoms with E-state index in [4.69, 9.17) is 39.5 Å². The van der Waals surface area contributed by atoms with E-state index in [9.17, 15) is 4.79 Å². The molecular weight excluding hydrogens is 383 g/mol. The molecule has 0 aliphatic rings. The number of rotatable bonds is 7. The molecule has 0 saturated carbocycles. The molecule has 1 amide bonds. The fraction of sp³-hybridized carbons (Fsp3) is 0.222. The van der Waals surface area contributed by atoms with E-state index in [0.29, 0.717) is 46.0 Å². The van der Waals surface area contributed by atoms with Crippen LogP contribution in [0.1, 0.15) is 25.3 Å². The molecule has 0 spiro atoms. The van der Waals surface area contributed by atoms with Gasteiger partial charge in [0.25, 0.3) is 0 Å². The summed E-state index contributed by atoms with van der Waals surface area (Å²) >= 11 is 17.7. The molecule has 0 fully saturated rings. The van der Waals surface area contributed by atoms with Crippen LogP contribution in [0.25, 0.3) is 0 Å². The summed E-state index contributed by atoms with van der Waals surface area (Å²) in [5.41, 5.74) is 4.13. The number of hydrazone groups is 1. The number of carbonyl (C=O) groups is 1. The second kappa shape index (κ2) is 9.66. The molecule has 0 radical (unpaired) electrons. The minimum absolute atomic E-state index is 0.181. The van der Waals surface area contributed by atoms with Gasteiger partial charge in [-0.1, -0.05) is 46.9 Å². The highest BCUT2D eigenvalue weighted by Crippen LogP contribution is 2.27. The number of hydrogen-bond donors (Lipinski definition) is 1.